The van der Waals surface area contributed by atoms with E-state index in [0.29, 0.717) is 45.0 Å². The van der Waals surface area contributed by atoms with Crippen molar-refractivity contribution in [2.75, 3.05) is 28.4 Å². The molecule has 0 bridgehead atoms. The van der Waals surface area contributed by atoms with Crippen molar-refractivity contribution in [2.24, 2.45) is 0 Å². The van der Waals surface area contributed by atoms with Gasteiger partial charge in [-0.15, -0.1) is 0 Å². The Labute approximate surface area is 284 Å². The second-order valence-electron chi connectivity index (χ2n) is 12.0. The molecule has 0 saturated carbocycles. The highest BCUT2D eigenvalue weighted by Crippen LogP contribution is 2.32. The van der Waals surface area contributed by atoms with Crippen molar-refractivity contribution in [3.63, 3.8) is 0 Å². The van der Waals surface area contributed by atoms with Crippen molar-refractivity contribution in [1.82, 2.24) is 9.80 Å². The predicted molar refractivity (Wildman–Crippen MR) is 191 cm³/mol. The van der Waals surface area contributed by atoms with Gasteiger partial charge in [0, 0.05) is 72.6 Å². The van der Waals surface area contributed by atoms with E-state index in [1.165, 1.54) is 0 Å². The minimum atomic E-state index is 0.302. The van der Waals surface area contributed by atoms with Gasteiger partial charge in [0.2, 0.25) is 0 Å². The number of phenolic OH excluding ortho intramolecular Hbond substituents is 1. The maximum Gasteiger partial charge on any atom is 0.124 e. The van der Waals surface area contributed by atoms with E-state index in [1.807, 2.05) is 72.8 Å². The second kappa shape index (κ2) is 16.7. The molecule has 48 heavy (non-hydrogen) atoms. The summed E-state index contributed by atoms with van der Waals surface area (Å²) in [6.45, 7) is 5.63. The number of methoxy groups -OCH3 is 4. The Hall–Kier alpha value is -4.98. The van der Waals surface area contributed by atoms with Crippen molar-refractivity contribution < 1.29 is 24.1 Å². The molecule has 7 heteroatoms. The number of benzene rings is 5. The number of nitrogens with zero attached hydrogens (tertiary/aromatic N) is 2. The molecule has 0 aliphatic heterocycles. The quantitative estimate of drug-likeness (QED) is 0.116. The highest BCUT2D eigenvalue weighted by molar-refractivity contribution is 5.45. The van der Waals surface area contributed by atoms with Crippen LogP contribution in [0.2, 0.25) is 0 Å². The average Bonchev–Trinajstić information content (AvgIpc) is 3.11. The Morgan fingerprint density at radius 1 is 0.417 bits per heavy atom. The largest absolute Gasteiger partial charge is 0.507 e. The third-order valence-corrected chi connectivity index (χ3v) is 8.55. The highest BCUT2D eigenvalue weighted by atomic mass is 16.5. The molecule has 0 aromatic heterocycles. The third-order valence-electron chi connectivity index (χ3n) is 8.55. The summed E-state index contributed by atoms with van der Waals surface area (Å²) in [5, 5.41) is 11.9. The van der Waals surface area contributed by atoms with Gasteiger partial charge in [-0.25, -0.2) is 0 Å². The Morgan fingerprint density at radius 3 is 0.938 bits per heavy atom. The molecule has 0 aliphatic rings. The molecule has 0 saturated heterocycles. The number of hydrogen-bond acceptors (Lipinski definition) is 7. The summed E-state index contributed by atoms with van der Waals surface area (Å²) < 4.78 is 22.8. The zero-order chi connectivity index (χ0) is 33.9. The molecule has 250 valence electrons. The van der Waals surface area contributed by atoms with Gasteiger partial charge in [0.25, 0.3) is 0 Å². The fourth-order valence-electron chi connectivity index (χ4n) is 6.29. The SMILES string of the molecule is COc1ccccc1CN(Cc1ccccc1OC)Cc1cc(C)cc(CN(Cc2ccccc2OC)Cc2ccccc2OC)c1O. The van der Waals surface area contributed by atoms with Gasteiger partial charge < -0.3 is 24.1 Å². The standard InChI is InChI=1S/C41H46N2O5/c1-30-22-35(28-42(24-31-14-6-10-18-37(31)45-2)25-32-15-7-11-19-38(32)46-3)41(44)36(23-30)29-43(26-33-16-8-12-20-39(33)47-4)27-34-17-9-13-21-40(34)48-5/h6-23,44H,24-29H2,1-5H3. The molecular weight excluding hydrogens is 600 g/mol. The van der Waals surface area contributed by atoms with Crippen molar-refractivity contribution >= 4 is 0 Å². The number of hydrogen-bond donors (Lipinski definition) is 1. The van der Waals surface area contributed by atoms with E-state index in [2.05, 4.69) is 53.1 Å². The molecule has 5 rings (SSSR count). The monoisotopic (exact) mass is 646 g/mol. The summed E-state index contributed by atoms with van der Waals surface area (Å²) in [4.78, 5) is 4.63. The van der Waals surface area contributed by atoms with Crippen molar-refractivity contribution in [1.29, 1.82) is 0 Å². The molecule has 5 aromatic carbocycles. The van der Waals surface area contributed by atoms with Crippen molar-refractivity contribution in [2.45, 2.75) is 46.2 Å². The summed E-state index contributed by atoms with van der Waals surface area (Å²) >= 11 is 0. The van der Waals surface area contributed by atoms with Crippen LogP contribution in [0.1, 0.15) is 38.9 Å². The van der Waals surface area contributed by atoms with E-state index in [9.17, 15) is 5.11 Å². The number of ether oxygens (including phenoxy) is 4. The first-order valence-corrected chi connectivity index (χ1v) is 16.2. The Morgan fingerprint density at radius 2 is 0.667 bits per heavy atom. The first kappa shape index (κ1) is 34.4. The zero-order valence-electron chi connectivity index (χ0n) is 28.6. The molecule has 1 N–H and O–H groups in total. The molecule has 0 heterocycles. The van der Waals surface area contributed by atoms with Crippen molar-refractivity contribution in [3.05, 3.63) is 148 Å². The van der Waals surface area contributed by atoms with E-state index >= 15 is 0 Å². The summed E-state index contributed by atoms with van der Waals surface area (Å²) in [5.41, 5.74) is 7.10. The maximum atomic E-state index is 11.9. The van der Waals surface area contributed by atoms with Crippen LogP contribution in [0.4, 0.5) is 0 Å². The number of rotatable bonds is 16. The number of phenols is 1. The van der Waals surface area contributed by atoms with Gasteiger partial charge >= 0.3 is 0 Å². The highest BCUT2D eigenvalue weighted by Gasteiger charge is 2.20. The lowest BCUT2D eigenvalue weighted by molar-refractivity contribution is 0.230. The van der Waals surface area contributed by atoms with Crippen LogP contribution in [0.5, 0.6) is 28.7 Å². The zero-order valence-corrected chi connectivity index (χ0v) is 28.6. The van der Waals surface area contributed by atoms with E-state index in [1.54, 1.807) is 28.4 Å². The lowest BCUT2D eigenvalue weighted by Crippen LogP contribution is -2.25. The second-order valence-corrected chi connectivity index (χ2v) is 12.0. The van der Waals surface area contributed by atoms with Crippen LogP contribution in [0.15, 0.2) is 109 Å². The number of aryl methyl sites for hydroxylation is 1. The van der Waals surface area contributed by atoms with Crippen LogP contribution in [-0.2, 0) is 39.3 Å². The van der Waals surface area contributed by atoms with E-state index in [4.69, 9.17) is 18.9 Å². The lowest BCUT2D eigenvalue weighted by atomic mass is 10.0. The molecule has 0 amide bonds. The topological polar surface area (TPSA) is 63.6 Å². The van der Waals surface area contributed by atoms with Crippen LogP contribution in [0, 0.1) is 6.92 Å². The average molecular weight is 647 g/mol. The van der Waals surface area contributed by atoms with E-state index in [0.717, 1.165) is 61.9 Å². The summed E-state index contributed by atoms with van der Waals surface area (Å²) in [6.07, 6.45) is 0. The first-order chi connectivity index (χ1) is 23.4. The molecule has 0 radical (unpaired) electrons. The van der Waals surface area contributed by atoms with Crippen LogP contribution >= 0.6 is 0 Å². The van der Waals surface area contributed by atoms with Gasteiger partial charge in [0.15, 0.2) is 0 Å². The Balaban J connectivity index is 1.48. The number of aromatic hydroxyl groups is 1. The van der Waals surface area contributed by atoms with Gasteiger partial charge in [-0.05, 0) is 31.2 Å². The lowest BCUT2D eigenvalue weighted by Gasteiger charge is -2.27. The molecule has 0 atom stereocenters. The molecule has 0 spiro atoms. The Kier molecular flexibility index (Phi) is 12.0. The van der Waals surface area contributed by atoms with Crippen LogP contribution in [0.25, 0.3) is 0 Å². The summed E-state index contributed by atoms with van der Waals surface area (Å²) in [6, 6.07) is 36.5. The fraction of sp³-hybridized carbons (Fsp3) is 0.268. The van der Waals surface area contributed by atoms with E-state index < -0.39 is 0 Å². The normalized spacial score (nSPS) is 11.1. The number of para-hydroxylation sites is 4. The first-order valence-electron chi connectivity index (χ1n) is 16.2. The van der Waals surface area contributed by atoms with Crippen molar-refractivity contribution in [3.8, 4) is 28.7 Å². The summed E-state index contributed by atoms with van der Waals surface area (Å²) in [7, 11) is 6.79. The van der Waals surface area contributed by atoms with Crippen LogP contribution in [-0.4, -0.2) is 43.3 Å². The van der Waals surface area contributed by atoms with Gasteiger partial charge in [0.05, 0.1) is 28.4 Å². The van der Waals surface area contributed by atoms with Gasteiger partial charge in [-0.3, -0.25) is 9.80 Å². The van der Waals surface area contributed by atoms with Crippen LogP contribution in [0.3, 0.4) is 0 Å². The van der Waals surface area contributed by atoms with Gasteiger partial charge in [0.1, 0.15) is 28.7 Å². The molecule has 0 aliphatic carbocycles. The van der Waals surface area contributed by atoms with Gasteiger partial charge in [-0.1, -0.05) is 90.5 Å². The predicted octanol–water partition coefficient (Wildman–Crippen LogP) is 8.14. The van der Waals surface area contributed by atoms with Crippen LogP contribution < -0.4 is 18.9 Å². The molecule has 0 fully saturated rings. The minimum absolute atomic E-state index is 0.302. The maximum absolute atomic E-state index is 11.9. The molecule has 0 unspecified atom stereocenters. The Bertz CT molecular complexity index is 1560. The molecule has 7 nitrogen and oxygen atoms in total. The third kappa shape index (κ3) is 8.68. The molecule has 5 aromatic rings. The smallest absolute Gasteiger partial charge is 0.124 e. The minimum Gasteiger partial charge on any atom is -0.507 e. The summed E-state index contributed by atoms with van der Waals surface area (Å²) in [5.74, 6) is 3.63. The van der Waals surface area contributed by atoms with E-state index in [-0.39, 0.29) is 0 Å². The molecular formula is C41H46N2O5. The van der Waals surface area contributed by atoms with Gasteiger partial charge in [-0.2, -0.15) is 0 Å². The fourth-order valence-corrected chi connectivity index (χ4v) is 6.29.